The van der Waals surface area contributed by atoms with Crippen LogP contribution in [0, 0.1) is 16.0 Å². The lowest BCUT2D eigenvalue weighted by atomic mass is 9.85. The van der Waals surface area contributed by atoms with Gasteiger partial charge in [0.05, 0.1) is 4.92 Å². The van der Waals surface area contributed by atoms with Gasteiger partial charge >= 0.3 is 5.69 Å². The molecule has 1 aromatic heterocycles. The number of hydrogen-bond acceptors (Lipinski definition) is 4. The minimum absolute atomic E-state index is 0.0526. The number of nitro groups is 1. The second-order valence-electron chi connectivity index (χ2n) is 3.81. The molecule has 0 spiro atoms. The van der Waals surface area contributed by atoms with E-state index in [2.05, 4.69) is 10.3 Å². The molecule has 1 aliphatic carbocycles. The molecule has 0 aliphatic heterocycles. The van der Waals surface area contributed by atoms with Crippen LogP contribution in [0.4, 0.5) is 11.5 Å². The van der Waals surface area contributed by atoms with E-state index >= 15 is 0 Å². The number of pyridine rings is 1. The van der Waals surface area contributed by atoms with Gasteiger partial charge in [0.25, 0.3) is 0 Å². The van der Waals surface area contributed by atoms with E-state index in [0.717, 1.165) is 6.54 Å². The van der Waals surface area contributed by atoms with Crippen molar-refractivity contribution in [2.45, 2.75) is 19.3 Å². The summed E-state index contributed by atoms with van der Waals surface area (Å²) in [4.78, 5) is 14.2. The molecule has 2 rings (SSSR count). The second-order valence-corrected chi connectivity index (χ2v) is 3.81. The SMILES string of the molecule is O=[N+]([O-])c1cccnc1NCC1CCC1. The Hall–Kier alpha value is -1.65. The summed E-state index contributed by atoms with van der Waals surface area (Å²) >= 11 is 0. The molecule has 5 heteroatoms. The zero-order chi connectivity index (χ0) is 10.7. The molecule has 0 aromatic carbocycles. The van der Waals surface area contributed by atoms with E-state index in [0.29, 0.717) is 11.7 Å². The van der Waals surface area contributed by atoms with Gasteiger partial charge in [0, 0.05) is 18.8 Å². The summed E-state index contributed by atoms with van der Waals surface area (Å²) in [6, 6.07) is 3.04. The van der Waals surface area contributed by atoms with Crippen molar-refractivity contribution in [1.82, 2.24) is 4.98 Å². The van der Waals surface area contributed by atoms with Crippen LogP contribution in [0.2, 0.25) is 0 Å². The number of nitrogens with zero attached hydrogens (tertiary/aromatic N) is 2. The normalized spacial score (nSPS) is 15.7. The van der Waals surface area contributed by atoms with Crippen LogP contribution < -0.4 is 5.32 Å². The van der Waals surface area contributed by atoms with Crippen molar-refractivity contribution in [2.24, 2.45) is 5.92 Å². The number of rotatable bonds is 4. The largest absolute Gasteiger partial charge is 0.364 e. The average molecular weight is 207 g/mol. The smallest absolute Gasteiger partial charge is 0.311 e. The predicted molar refractivity (Wildman–Crippen MR) is 56.7 cm³/mol. The predicted octanol–water partition coefficient (Wildman–Crippen LogP) is 2.20. The van der Waals surface area contributed by atoms with Crippen molar-refractivity contribution in [3.05, 3.63) is 28.4 Å². The van der Waals surface area contributed by atoms with Crippen molar-refractivity contribution in [1.29, 1.82) is 0 Å². The highest BCUT2D eigenvalue weighted by atomic mass is 16.6. The van der Waals surface area contributed by atoms with E-state index in [1.54, 1.807) is 12.3 Å². The molecular formula is C10H13N3O2. The molecule has 0 saturated heterocycles. The van der Waals surface area contributed by atoms with Gasteiger partial charge in [-0.1, -0.05) is 6.42 Å². The maximum absolute atomic E-state index is 10.7. The summed E-state index contributed by atoms with van der Waals surface area (Å²) in [7, 11) is 0. The highest BCUT2D eigenvalue weighted by molar-refractivity contribution is 5.55. The highest BCUT2D eigenvalue weighted by Crippen LogP contribution is 2.27. The third-order valence-electron chi connectivity index (χ3n) is 2.77. The number of anilines is 1. The molecule has 1 aromatic rings. The first-order valence-electron chi connectivity index (χ1n) is 5.10. The van der Waals surface area contributed by atoms with Gasteiger partial charge in [-0.25, -0.2) is 4.98 Å². The van der Waals surface area contributed by atoms with Crippen LogP contribution in [-0.4, -0.2) is 16.5 Å². The third kappa shape index (κ3) is 2.23. The van der Waals surface area contributed by atoms with Crippen molar-refractivity contribution < 1.29 is 4.92 Å². The van der Waals surface area contributed by atoms with Crippen molar-refractivity contribution >= 4 is 11.5 Å². The van der Waals surface area contributed by atoms with Crippen LogP contribution >= 0.6 is 0 Å². The Labute approximate surface area is 87.7 Å². The second kappa shape index (κ2) is 4.25. The molecule has 0 radical (unpaired) electrons. The molecular weight excluding hydrogens is 194 g/mol. The number of nitrogens with one attached hydrogen (secondary N) is 1. The Morgan fingerprint density at radius 1 is 1.60 bits per heavy atom. The minimum Gasteiger partial charge on any atom is -0.364 e. The quantitative estimate of drug-likeness (QED) is 0.607. The Kier molecular flexibility index (Phi) is 2.80. The minimum atomic E-state index is -0.407. The zero-order valence-corrected chi connectivity index (χ0v) is 8.35. The maximum atomic E-state index is 10.7. The van der Waals surface area contributed by atoms with Gasteiger partial charge < -0.3 is 5.32 Å². The van der Waals surface area contributed by atoms with Crippen LogP contribution in [-0.2, 0) is 0 Å². The molecule has 1 aliphatic rings. The van der Waals surface area contributed by atoms with Gasteiger partial charge in [-0.2, -0.15) is 0 Å². The Morgan fingerprint density at radius 3 is 3.00 bits per heavy atom. The summed E-state index contributed by atoms with van der Waals surface area (Å²) in [5.74, 6) is 1.04. The molecule has 0 bridgehead atoms. The lowest BCUT2D eigenvalue weighted by molar-refractivity contribution is -0.384. The highest BCUT2D eigenvalue weighted by Gasteiger charge is 2.19. The van der Waals surface area contributed by atoms with Gasteiger partial charge in [-0.3, -0.25) is 10.1 Å². The summed E-state index contributed by atoms with van der Waals surface area (Å²) in [6.07, 6.45) is 5.27. The molecule has 0 amide bonds. The Balaban J connectivity index is 2.02. The van der Waals surface area contributed by atoms with Crippen molar-refractivity contribution in [3.63, 3.8) is 0 Å². The molecule has 5 nitrogen and oxygen atoms in total. The molecule has 15 heavy (non-hydrogen) atoms. The maximum Gasteiger partial charge on any atom is 0.311 e. The fraction of sp³-hybridized carbons (Fsp3) is 0.500. The van der Waals surface area contributed by atoms with Gasteiger partial charge in [0.2, 0.25) is 5.82 Å². The zero-order valence-electron chi connectivity index (χ0n) is 8.35. The first-order valence-corrected chi connectivity index (χ1v) is 5.10. The van der Waals surface area contributed by atoms with E-state index in [4.69, 9.17) is 0 Å². The standard InChI is InChI=1S/C10H13N3O2/c14-13(15)9-5-2-6-11-10(9)12-7-8-3-1-4-8/h2,5-6,8H,1,3-4,7H2,(H,11,12). The van der Waals surface area contributed by atoms with E-state index in [9.17, 15) is 10.1 Å². The molecule has 1 heterocycles. The fourth-order valence-corrected chi connectivity index (χ4v) is 1.62. The van der Waals surface area contributed by atoms with Crippen LogP contribution in [0.5, 0.6) is 0 Å². The van der Waals surface area contributed by atoms with E-state index in [1.165, 1.54) is 25.3 Å². The molecule has 80 valence electrons. The molecule has 0 atom stereocenters. The van der Waals surface area contributed by atoms with Crippen LogP contribution in [0.1, 0.15) is 19.3 Å². The van der Waals surface area contributed by atoms with E-state index < -0.39 is 4.92 Å². The van der Waals surface area contributed by atoms with E-state index in [1.807, 2.05) is 0 Å². The first-order chi connectivity index (χ1) is 7.27. The van der Waals surface area contributed by atoms with Gasteiger partial charge in [-0.15, -0.1) is 0 Å². The number of aromatic nitrogens is 1. The Morgan fingerprint density at radius 2 is 2.40 bits per heavy atom. The molecule has 1 fully saturated rings. The Bertz CT molecular complexity index is 363. The van der Waals surface area contributed by atoms with Gasteiger partial charge in [0.15, 0.2) is 0 Å². The van der Waals surface area contributed by atoms with Gasteiger partial charge in [0.1, 0.15) is 0 Å². The van der Waals surface area contributed by atoms with Crippen LogP contribution in [0.3, 0.4) is 0 Å². The third-order valence-corrected chi connectivity index (χ3v) is 2.77. The first kappa shape index (κ1) is 9.89. The molecule has 0 unspecified atom stereocenters. The topological polar surface area (TPSA) is 68.1 Å². The van der Waals surface area contributed by atoms with Gasteiger partial charge in [-0.05, 0) is 24.8 Å². The van der Waals surface area contributed by atoms with E-state index in [-0.39, 0.29) is 5.69 Å². The monoisotopic (exact) mass is 207 g/mol. The van der Waals surface area contributed by atoms with Crippen LogP contribution in [0.15, 0.2) is 18.3 Å². The molecule has 1 N–H and O–H groups in total. The summed E-state index contributed by atoms with van der Waals surface area (Å²) in [6.45, 7) is 0.790. The fourth-order valence-electron chi connectivity index (χ4n) is 1.62. The summed E-state index contributed by atoms with van der Waals surface area (Å²) in [5, 5.41) is 13.7. The van der Waals surface area contributed by atoms with Crippen LogP contribution in [0.25, 0.3) is 0 Å². The van der Waals surface area contributed by atoms with Crippen molar-refractivity contribution in [2.75, 3.05) is 11.9 Å². The summed E-state index contributed by atoms with van der Waals surface area (Å²) < 4.78 is 0. The molecule has 1 saturated carbocycles. The summed E-state index contributed by atoms with van der Waals surface area (Å²) in [5.41, 5.74) is 0.0526. The lowest BCUT2D eigenvalue weighted by Crippen LogP contribution is -2.21. The average Bonchev–Trinajstić information content (AvgIpc) is 2.16. The number of hydrogen-bond donors (Lipinski definition) is 1. The lowest BCUT2D eigenvalue weighted by Gasteiger charge is -2.25. The van der Waals surface area contributed by atoms with Crippen molar-refractivity contribution in [3.8, 4) is 0 Å².